The summed E-state index contributed by atoms with van der Waals surface area (Å²) >= 11 is 0. The van der Waals surface area contributed by atoms with Gasteiger partial charge in [-0.05, 0) is 30.4 Å². The molecule has 1 saturated heterocycles. The third-order valence-electron chi connectivity index (χ3n) is 4.36. The lowest BCUT2D eigenvalue weighted by molar-refractivity contribution is -0.130. The average molecular weight is 309 g/mol. The van der Waals surface area contributed by atoms with Crippen LogP contribution in [0.3, 0.4) is 0 Å². The molecule has 1 N–H and O–H groups in total. The van der Waals surface area contributed by atoms with Crippen LogP contribution in [0.1, 0.15) is 36.3 Å². The lowest BCUT2D eigenvalue weighted by Crippen LogP contribution is -2.35. The molecule has 1 heterocycles. The molecule has 1 amide bonds. The zero-order valence-corrected chi connectivity index (χ0v) is 13.3. The Balaban J connectivity index is 1.64. The van der Waals surface area contributed by atoms with Gasteiger partial charge in [0.05, 0.1) is 0 Å². The molecular formula is C20H23NO2. The van der Waals surface area contributed by atoms with Crippen molar-refractivity contribution in [3.05, 3.63) is 71.8 Å². The van der Waals surface area contributed by atoms with E-state index < -0.39 is 0 Å². The van der Waals surface area contributed by atoms with Crippen LogP contribution in [0.15, 0.2) is 60.7 Å². The van der Waals surface area contributed by atoms with E-state index in [0.717, 1.165) is 19.3 Å². The molecule has 3 rings (SSSR count). The zero-order chi connectivity index (χ0) is 15.9. The van der Waals surface area contributed by atoms with Crippen molar-refractivity contribution >= 4 is 5.91 Å². The van der Waals surface area contributed by atoms with Gasteiger partial charge in [0.15, 0.2) is 0 Å². The van der Waals surface area contributed by atoms with Crippen molar-refractivity contribution in [3.8, 4) is 0 Å². The number of amides is 1. The number of hydrogen-bond donors (Lipinski definition) is 1. The van der Waals surface area contributed by atoms with E-state index in [1.807, 2.05) is 12.1 Å². The number of ether oxygens (including phenoxy) is 1. The lowest BCUT2D eigenvalue weighted by atomic mass is 9.88. The van der Waals surface area contributed by atoms with Gasteiger partial charge in [-0.15, -0.1) is 0 Å². The Hall–Kier alpha value is -2.13. The standard InChI is InChI=1S/C20H23NO2/c22-20(19-12-7-15-23-19)21-14-13-18(16-8-3-1-4-9-16)17-10-5-2-6-11-17/h1-6,8-11,18-19H,7,12-15H2,(H,21,22). The normalized spacial score (nSPS) is 17.3. The summed E-state index contributed by atoms with van der Waals surface area (Å²) in [6.07, 6.45) is 2.45. The van der Waals surface area contributed by atoms with E-state index >= 15 is 0 Å². The molecule has 0 spiro atoms. The van der Waals surface area contributed by atoms with Crippen LogP contribution in [0, 0.1) is 0 Å². The Labute approximate surface area is 137 Å². The molecule has 0 radical (unpaired) electrons. The monoisotopic (exact) mass is 309 g/mol. The average Bonchev–Trinajstić information content (AvgIpc) is 3.15. The van der Waals surface area contributed by atoms with E-state index in [2.05, 4.69) is 53.8 Å². The molecule has 23 heavy (non-hydrogen) atoms. The first kappa shape index (κ1) is 15.8. The predicted octanol–water partition coefficient (Wildman–Crippen LogP) is 3.50. The van der Waals surface area contributed by atoms with Crippen molar-refractivity contribution in [2.45, 2.75) is 31.3 Å². The molecule has 0 bridgehead atoms. The second kappa shape index (κ2) is 7.93. The van der Waals surface area contributed by atoms with Gasteiger partial charge < -0.3 is 10.1 Å². The van der Waals surface area contributed by atoms with E-state index in [-0.39, 0.29) is 12.0 Å². The van der Waals surface area contributed by atoms with Crippen molar-refractivity contribution in [1.82, 2.24) is 5.32 Å². The van der Waals surface area contributed by atoms with Crippen molar-refractivity contribution in [2.75, 3.05) is 13.2 Å². The van der Waals surface area contributed by atoms with E-state index in [9.17, 15) is 4.79 Å². The highest BCUT2D eigenvalue weighted by atomic mass is 16.5. The fraction of sp³-hybridized carbons (Fsp3) is 0.350. The Morgan fingerprint density at radius 3 is 2.17 bits per heavy atom. The first-order valence-electron chi connectivity index (χ1n) is 8.34. The number of benzene rings is 2. The molecule has 0 aromatic heterocycles. The molecule has 1 aliphatic heterocycles. The third kappa shape index (κ3) is 4.20. The largest absolute Gasteiger partial charge is 0.368 e. The van der Waals surface area contributed by atoms with E-state index in [0.29, 0.717) is 19.1 Å². The van der Waals surface area contributed by atoms with E-state index in [1.54, 1.807) is 0 Å². The highest BCUT2D eigenvalue weighted by Crippen LogP contribution is 2.27. The van der Waals surface area contributed by atoms with Crippen molar-refractivity contribution < 1.29 is 9.53 Å². The Bertz CT molecular complexity index is 567. The van der Waals surface area contributed by atoms with E-state index in [4.69, 9.17) is 4.74 Å². The maximum atomic E-state index is 12.1. The highest BCUT2D eigenvalue weighted by molar-refractivity contribution is 5.80. The fourth-order valence-corrected chi connectivity index (χ4v) is 3.13. The summed E-state index contributed by atoms with van der Waals surface area (Å²) in [5.41, 5.74) is 2.56. The maximum absolute atomic E-state index is 12.1. The van der Waals surface area contributed by atoms with E-state index in [1.165, 1.54) is 11.1 Å². The molecule has 0 aliphatic carbocycles. The van der Waals surface area contributed by atoms with Crippen LogP contribution < -0.4 is 5.32 Å². The van der Waals surface area contributed by atoms with Gasteiger partial charge in [-0.2, -0.15) is 0 Å². The second-order valence-corrected chi connectivity index (χ2v) is 5.96. The Morgan fingerprint density at radius 1 is 1.04 bits per heavy atom. The topological polar surface area (TPSA) is 38.3 Å². The fourth-order valence-electron chi connectivity index (χ4n) is 3.13. The molecule has 2 aromatic rings. The molecule has 1 unspecified atom stereocenters. The first-order chi connectivity index (χ1) is 11.3. The summed E-state index contributed by atoms with van der Waals surface area (Å²) in [6, 6.07) is 20.9. The highest BCUT2D eigenvalue weighted by Gasteiger charge is 2.23. The molecule has 120 valence electrons. The van der Waals surface area contributed by atoms with Gasteiger partial charge in [-0.3, -0.25) is 4.79 Å². The van der Waals surface area contributed by atoms with Crippen molar-refractivity contribution in [1.29, 1.82) is 0 Å². The van der Waals surface area contributed by atoms with Gasteiger partial charge in [0.2, 0.25) is 5.91 Å². The van der Waals surface area contributed by atoms with Crippen LogP contribution in [-0.2, 0) is 9.53 Å². The Morgan fingerprint density at radius 2 is 1.65 bits per heavy atom. The molecule has 3 heteroatoms. The molecule has 0 saturated carbocycles. The van der Waals surface area contributed by atoms with Gasteiger partial charge in [-0.25, -0.2) is 0 Å². The SMILES string of the molecule is O=C(NCCC(c1ccccc1)c1ccccc1)C1CCCO1. The van der Waals surface area contributed by atoms with Gasteiger partial charge in [0.1, 0.15) is 6.10 Å². The Kier molecular flexibility index (Phi) is 5.43. The zero-order valence-electron chi connectivity index (χ0n) is 13.3. The minimum absolute atomic E-state index is 0.0300. The summed E-state index contributed by atoms with van der Waals surface area (Å²) in [5.74, 6) is 0.324. The van der Waals surface area contributed by atoms with Crippen molar-refractivity contribution in [2.24, 2.45) is 0 Å². The molecule has 1 aliphatic rings. The maximum Gasteiger partial charge on any atom is 0.249 e. The number of rotatable bonds is 6. The van der Waals surface area contributed by atoms with Crippen LogP contribution >= 0.6 is 0 Å². The molecule has 1 fully saturated rings. The lowest BCUT2D eigenvalue weighted by Gasteiger charge is -2.19. The summed E-state index contributed by atoms with van der Waals surface area (Å²) in [5, 5.41) is 3.03. The summed E-state index contributed by atoms with van der Waals surface area (Å²) in [7, 11) is 0. The summed E-state index contributed by atoms with van der Waals surface area (Å²) in [6.45, 7) is 1.36. The van der Waals surface area contributed by atoms with Crippen molar-refractivity contribution in [3.63, 3.8) is 0 Å². The minimum Gasteiger partial charge on any atom is -0.368 e. The smallest absolute Gasteiger partial charge is 0.249 e. The van der Waals surface area contributed by atoms with Crippen LogP contribution in [-0.4, -0.2) is 25.2 Å². The number of carbonyl (C=O) groups excluding carboxylic acids is 1. The van der Waals surface area contributed by atoms with Gasteiger partial charge >= 0.3 is 0 Å². The predicted molar refractivity (Wildman–Crippen MR) is 91.3 cm³/mol. The van der Waals surface area contributed by atoms with Crippen LogP contribution in [0.25, 0.3) is 0 Å². The van der Waals surface area contributed by atoms with Gasteiger partial charge in [0.25, 0.3) is 0 Å². The number of hydrogen-bond acceptors (Lipinski definition) is 2. The van der Waals surface area contributed by atoms with Crippen LogP contribution in [0.5, 0.6) is 0 Å². The summed E-state index contributed by atoms with van der Waals surface area (Å²) < 4.78 is 5.43. The van der Waals surface area contributed by atoms with Crippen LogP contribution in [0.4, 0.5) is 0 Å². The first-order valence-corrected chi connectivity index (χ1v) is 8.34. The number of nitrogens with one attached hydrogen (secondary N) is 1. The number of carbonyl (C=O) groups is 1. The molecular weight excluding hydrogens is 286 g/mol. The second-order valence-electron chi connectivity index (χ2n) is 5.96. The third-order valence-corrected chi connectivity index (χ3v) is 4.36. The summed E-state index contributed by atoms with van der Waals surface area (Å²) in [4.78, 5) is 12.1. The van der Waals surface area contributed by atoms with Gasteiger partial charge in [0, 0.05) is 19.1 Å². The quantitative estimate of drug-likeness (QED) is 0.887. The van der Waals surface area contributed by atoms with Gasteiger partial charge in [-0.1, -0.05) is 60.7 Å². The molecule has 2 aromatic carbocycles. The molecule has 1 atom stereocenters. The van der Waals surface area contributed by atoms with Crippen LogP contribution in [0.2, 0.25) is 0 Å². The minimum atomic E-state index is -0.248. The molecule has 3 nitrogen and oxygen atoms in total.